The first kappa shape index (κ1) is 20.9. The third-order valence-electron chi connectivity index (χ3n) is 4.84. The topological polar surface area (TPSA) is 90.5 Å². The van der Waals surface area contributed by atoms with Gasteiger partial charge in [-0.15, -0.1) is 0 Å². The quantitative estimate of drug-likeness (QED) is 0.616. The van der Waals surface area contributed by atoms with Crippen LogP contribution in [0.25, 0.3) is 0 Å². The number of likely N-dealkylation sites (tertiary alicyclic amines) is 1. The summed E-state index contributed by atoms with van der Waals surface area (Å²) >= 11 is 0. The van der Waals surface area contributed by atoms with Gasteiger partial charge in [0.25, 0.3) is 0 Å². The summed E-state index contributed by atoms with van der Waals surface area (Å²) in [4.78, 5) is 38.6. The molecule has 0 bridgehead atoms. The zero-order valence-corrected chi connectivity index (χ0v) is 16.2. The lowest BCUT2D eigenvalue weighted by Gasteiger charge is -2.25. The Hall–Kier alpha value is -2.41. The highest BCUT2D eigenvalue weighted by molar-refractivity contribution is 5.91. The van der Waals surface area contributed by atoms with Gasteiger partial charge in [-0.25, -0.2) is 0 Å². The molecule has 0 spiro atoms. The van der Waals surface area contributed by atoms with Crippen LogP contribution in [-0.4, -0.2) is 61.4 Å². The van der Waals surface area contributed by atoms with Crippen molar-refractivity contribution in [1.82, 2.24) is 20.9 Å². The van der Waals surface area contributed by atoms with Gasteiger partial charge < -0.3 is 20.9 Å². The van der Waals surface area contributed by atoms with Crippen molar-refractivity contribution in [2.75, 3.05) is 26.7 Å². The number of carbonyl (C=O) groups is 3. The summed E-state index contributed by atoms with van der Waals surface area (Å²) in [5.74, 6) is -0.553. The fourth-order valence-corrected chi connectivity index (χ4v) is 3.04. The lowest BCUT2D eigenvalue weighted by atomic mass is 10.1. The van der Waals surface area contributed by atoms with Crippen LogP contribution in [-0.2, 0) is 20.8 Å². The maximum absolute atomic E-state index is 12.7. The Labute approximate surface area is 160 Å². The highest BCUT2D eigenvalue weighted by Gasteiger charge is 2.30. The summed E-state index contributed by atoms with van der Waals surface area (Å²) < 4.78 is 0. The van der Waals surface area contributed by atoms with E-state index in [-0.39, 0.29) is 30.3 Å². The van der Waals surface area contributed by atoms with E-state index in [0.717, 1.165) is 24.8 Å². The van der Waals surface area contributed by atoms with Gasteiger partial charge in [0.05, 0.1) is 12.6 Å². The second-order valence-corrected chi connectivity index (χ2v) is 6.91. The van der Waals surface area contributed by atoms with Gasteiger partial charge in [0.2, 0.25) is 17.7 Å². The van der Waals surface area contributed by atoms with Gasteiger partial charge in [0.1, 0.15) is 6.04 Å². The molecule has 1 fully saturated rings. The summed E-state index contributed by atoms with van der Waals surface area (Å²) in [5, 5.41) is 8.54. The molecule has 1 aromatic rings. The van der Waals surface area contributed by atoms with Crippen molar-refractivity contribution in [3.8, 4) is 0 Å². The first-order valence-electron chi connectivity index (χ1n) is 9.58. The van der Waals surface area contributed by atoms with Crippen LogP contribution < -0.4 is 16.0 Å². The van der Waals surface area contributed by atoms with Gasteiger partial charge in [-0.2, -0.15) is 0 Å². The number of likely N-dealkylation sites (N-methyl/N-ethyl adjacent to an activating group) is 1. The van der Waals surface area contributed by atoms with Crippen LogP contribution in [0.3, 0.4) is 0 Å². The van der Waals surface area contributed by atoms with Crippen LogP contribution in [0.2, 0.25) is 0 Å². The molecule has 2 atom stereocenters. The molecule has 1 aromatic carbocycles. The summed E-state index contributed by atoms with van der Waals surface area (Å²) in [6, 6.07) is 9.00. The van der Waals surface area contributed by atoms with Gasteiger partial charge in [-0.05, 0) is 45.2 Å². The molecule has 148 valence electrons. The lowest BCUT2D eigenvalue weighted by Crippen LogP contribution is -2.53. The van der Waals surface area contributed by atoms with E-state index < -0.39 is 6.04 Å². The van der Waals surface area contributed by atoms with Crippen molar-refractivity contribution in [3.05, 3.63) is 35.9 Å². The summed E-state index contributed by atoms with van der Waals surface area (Å²) in [7, 11) is 1.70. The predicted octanol–water partition coefficient (Wildman–Crippen LogP) is 0.451. The number of hydrogen-bond donors (Lipinski definition) is 3. The van der Waals surface area contributed by atoms with Gasteiger partial charge >= 0.3 is 0 Å². The fraction of sp³-hybridized carbons (Fsp3) is 0.550. The first-order valence-corrected chi connectivity index (χ1v) is 9.58. The van der Waals surface area contributed by atoms with E-state index in [0.29, 0.717) is 19.5 Å². The maximum Gasteiger partial charge on any atom is 0.245 e. The van der Waals surface area contributed by atoms with Gasteiger partial charge in [-0.3, -0.25) is 14.4 Å². The monoisotopic (exact) mass is 374 g/mol. The molecule has 1 heterocycles. The van der Waals surface area contributed by atoms with E-state index in [1.807, 2.05) is 30.3 Å². The molecule has 0 radical (unpaired) electrons. The van der Waals surface area contributed by atoms with E-state index in [2.05, 4.69) is 16.0 Å². The molecule has 0 unspecified atom stereocenters. The molecule has 1 aliphatic rings. The zero-order valence-electron chi connectivity index (χ0n) is 16.2. The average molecular weight is 374 g/mol. The Morgan fingerprint density at radius 1 is 1.22 bits per heavy atom. The van der Waals surface area contributed by atoms with Crippen LogP contribution in [0.1, 0.15) is 31.7 Å². The molecular weight excluding hydrogens is 344 g/mol. The van der Waals surface area contributed by atoms with E-state index in [1.165, 1.54) is 0 Å². The predicted molar refractivity (Wildman–Crippen MR) is 104 cm³/mol. The number of rotatable bonds is 8. The molecule has 0 aliphatic carbocycles. The highest BCUT2D eigenvalue weighted by Crippen LogP contribution is 2.12. The lowest BCUT2D eigenvalue weighted by molar-refractivity contribution is -0.139. The number of hydrogen-bond acceptors (Lipinski definition) is 4. The molecule has 2 rings (SSSR count). The van der Waals surface area contributed by atoms with Gasteiger partial charge in [-0.1, -0.05) is 30.3 Å². The molecule has 7 heteroatoms. The van der Waals surface area contributed by atoms with Crippen LogP contribution in [0.5, 0.6) is 0 Å². The minimum absolute atomic E-state index is 0.0293. The van der Waals surface area contributed by atoms with Crippen molar-refractivity contribution in [2.24, 2.45) is 0 Å². The third-order valence-corrected chi connectivity index (χ3v) is 4.84. The second-order valence-electron chi connectivity index (χ2n) is 6.91. The number of benzene rings is 1. The molecule has 0 aromatic heterocycles. The van der Waals surface area contributed by atoms with E-state index in [4.69, 9.17) is 0 Å². The van der Waals surface area contributed by atoms with Crippen LogP contribution in [0, 0.1) is 0 Å². The third kappa shape index (κ3) is 6.67. The largest absolute Gasteiger partial charge is 0.354 e. The minimum atomic E-state index is -0.562. The number of nitrogens with zero attached hydrogens (tertiary/aromatic N) is 1. The fourth-order valence-electron chi connectivity index (χ4n) is 3.04. The Morgan fingerprint density at radius 2 is 1.96 bits per heavy atom. The Balaban J connectivity index is 1.83. The Morgan fingerprint density at radius 3 is 2.67 bits per heavy atom. The van der Waals surface area contributed by atoms with Crippen molar-refractivity contribution >= 4 is 17.7 Å². The molecule has 27 heavy (non-hydrogen) atoms. The van der Waals surface area contributed by atoms with Gasteiger partial charge in [0.15, 0.2) is 0 Å². The molecule has 3 N–H and O–H groups in total. The van der Waals surface area contributed by atoms with E-state index >= 15 is 0 Å². The van der Waals surface area contributed by atoms with Crippen LogP contribution in [0.15, 0.2) is 30.3 Å². The first-order chi connectivity index (χ1) is 13.0. The maximum atomic E-state index is 12.7. The van der Waals surface area contributed by atoms with Crippen molar-refractivity contribution in [3.63, 3.8) is 0 Å². The Bertz CT molecular complexity index is 635. The Kier molecular flexibility index (Phi) is 8.26. The average Bonchev–Trinajstić information content (AvgIpc) is 2.84. The molecule has 3 amide bonds. The van der Waals surface area contributed by atoms with Crippen molar-refractivity contribution in [2.45, 2.75) is 44.7 Å². The number of nitrogens with one attached hydrogen (secondary N) is 3. The van der Waals surface area contributed by atoms with Crippen LogP contribution in [0.4, 0.5) is 0 Å². The SMILES string of the molecule is CN[C@@H](C)C(=O)N[C@@H]1CCCCN(CC(=O)NCCc2ccccc2)C1=O. The second kappa shape index (κ2) is 10.7. The molecule has 1 saturated heterocycles. The minimum Gasteiger partial charge on any atom is -0.354 e. The van der Waals surface area contributed by atoms with Crippen molar-refractivity contribution in [1.29, 1.82) is 0 Å². The summed E-state index contributed by atoms with van der Waals surface area (Å²) in [5.41, 5.74) is 1.16. The standard InChI is InChI=1S/C20H30N4O3/c1-15(21-2)19(26)23-17-10-6-7-13-24(20(17)27)14-18(25)22-12-11-16-8-4-3-5-9-16/h3-5,8-9,15,17,21H,6-7,10-14H2,1-2H3,(H,22,25)(H,23,26)/t15-,17+/m0/s1. The number of amides is 3. The van der Waals surface area contributed by atoms with E-state index in [1.54, 1.807) is 18.9 Å². The molecule has 0 saturated carbocycles. The zero-order chi connectivity index (χ0) is 19.6. The smallest absolute Gasteiger partial charge is 0.245 e. The van der Waals surface area contributed by atoms with E-state index in [9.17, 15) is 14.4 Å². The molecular formula is C20H30N4O3. The van der Waals surface area contributed by atoms with Gasteiger partial charge in [0, 0.05) is 13.1 Å². The summed E-state index contributed by atoms with van der Waals surface area (Å²) in [6.07, 6.45) is 3.03. The molecule has 1 aliphatic heterocycles. The normalized spacial score (nSPS) is 18.5. The highest BCUT2D eigenvalue weighted by atomic mass is 16.2. The molecule has 7 nitrogen and oxygen atoms in total. The summed E-state index contributed by atoms with van der Waals surface area (Å²) in [6.45, 7) is 2.85. The van der Waals surface area contributed by atoms with Crippen molar-refractivity contribution < 1.29 is 14.4 Å². The van der Waals surface area contributed by atoms with Crippen LogP contribution >= 0.6 is 0 Å². The number of carbonyl (C=O) groups excluding carboxylic acids is 3.